The first-order valence-corrected chi connectivity index (χ1v) is 5.44. The normalized spacial score (nSPS) is 52.7. The minimum absolute atomic E-state index is 0.235. The van der Waals surface area contributed by atoms with E-state index in [1.807, 2.05) is 0 Å². The Morgan fingerprint density at radius 3 is 3.15 bits per heavy atom. The van der Waals surface area contributed by atoms with Crippen molar-refractivity contribution in [2.45, 2.75) is 32.6 Å². The monoisotopic (exact) mass is 176 g/mol. The quantitative estimate of drug-likeness (QED) is 0.518. The van der Waals surface area contributed by atoms with Crippen molar-refractivity contribution < 1.29 is 4.79 Å². The van der Waals surface area contributed by atoms with Gasteiger partial charge in [0, 0.05) is 11.8 Å². The molecule has 70 valence electrons. The Bertz CT molecular complexity index is 291. The number of ketones is 1. The summed E-state index contributed by atoms with van der Waals surface area (Å²) >= 11 is 0. The largest absolute Gasteiger partial charge is 0.299 e. The van der Waals surface area contributed by atoms with E-state index < -0.39 is 0 Å². The number of rotatable bonds is 0. The van der Waals surface area contributed by atoms with Crippen molar-refractivity contribution in [3.05, 3.63) is 12.2 Å². The Morgan fingerprint density at radius 2 is 2.31 bits per heavy atom. The molecule has 3 aliphatic rings. The molecule has 1 heteroatoms. The SMILES string of the molecule is CC12C=CC(C1)C1CCCC2C1=O. The molecule has 0 N–H and O–H groups in total. The maximum Gasteiger partial charge on any atom is 0.140 e. The molecule has 1 nitrogen and oxygen atoms in total. The number of hydrogen-bond donors (Lipinski definition) is 0. The number of fused-ring (bicyclic) bond motifs is 6. The van der Waals surface area contributed by atoms with Gasteiger partial charge in [0.1, 0.15) is 5.78 Å². The maximum atomic E-state index is 12.0. The zero-order chi connectivity index (χ0) is 9.05. The maximum absolute atomic E-state index is 12.0. The molecule has 4 atom stereocenters. The van der Waals surface area contributed by atoms with Crippen LogP contribution in [0.4, 0.5) is 0 Å². The van der Waals surface area contributed by atoms with E-state index in [2.05, 4.69) is 19.1 Å². The minimum Gasteiger partial charge on any atom is -0.299 e. The molecule has 2 saturated carbocycles. The van der Waals surface area contributed by atoms with Gasteiger partial charge in [0.2, 0.25) is 0 Å². The number of carbonyl (C=O) groups excluding carboxylic acids is 1. The molecule has 0 aromatic heterocycles. The van der Waals surface area contributed by atoms with Gasteiger partial charge in [-0.05, 0) is 30.6 Å². The number of carbonyl (C=O) groups is 1. The summed E-state index contributed by atoms with van der Waals surface area (Å²) in [6.07, 6.45) is 9.45. The predicted octanol–water partition coefficient (Wildman–Crippen LogP) is 2.57. The fraction of sp³-hybridized carbons (Fsp3) is 0.750. The second-order valence-corrected chi connectivity index (χ2v) is 5.23. The summed E-state index contributed by atoms with van der Waals surface area (Å²) in [5, 5.41) is 0. The van der Waals surface area contributed by atoms with Gasteiger partial charge in [-0.15, -0.1) is 0 Å². The van der Waals surface area contributed by atoms with Crippen molar-refractivity contribution in [3.63, 3.8) is 0 Å². The fourth-order valence-corrected chi connectivity index (χ4v) is 3.69. The highest BCUT2D eigenvalue weighted by molar-refractivity contribution is 5.87. The highest BCUT2D eigenvalue weighted by atomic mass is 16.1. The summed E-state index contributed by atoms with van der Waals surface area (Å²) in [6.45, 7) is 2.27. The second-order valence-electron chi connectivity index (χ2n) is 5.23. The van der Waals surface area contributed by atoms with Crippen LogP contribution in [-0.2, 0) is 4.79 Å². The third-order valence-corrected chi connectivity index (χ3v) is 4.43. The average molecular weight is 176 g/mol. The summed E-state index contributed by atoms with van der Waals surface area (Å²) in [5.41, 5.74) is 0.235. The smallest absolute Gasteiger partial charge is 0.140 e. The molecule has 3 aliphatic carbocycles. The standard InChI is InChI=1S/C12H16O/c1-12-6-5-8(7-12)9-3-2-4-10(12)11(9)13/h5-6,8-10H,2-4,7H2,1H3. The van der Waals surface area contributed by atoms with Gasteiger partial charge in [0.15, 0.2) is 0 Å². The molecule has 4 unspecified atom stereocenters. The summed E-state index contributed by atoms with van der Waals surface area (Å²) < 4.78 is 0. The van der Waals surface area contributed by atoms with Crippen molar-refractivity contribution in [3.8, 4) is 0 Å². The first-order valence-electron chi connectivity index (χ1n) is 5.44. The number of Topliss-reactive ketones (excluding diaryl/α,β-unsaturated/α-hetero) is 1. The van der Waals surface area contributed by atoms with Gasteiger partial charge in [-0.1, -0.05) is 25.5 Å². The summed E-state index contributed by atoms with van der Waals surface area (Å²) in [6, 6.07) is 0. The van der Waals surface area contributed by atoms with Crippen LogP contribution in [0.2, 0.25) is 0 Å². The molecule has 3 rings (SSSR count). The molecule has 0 heterocycles. The van der Waals surface area contributed by atoms with Gasteiger partial charge in [-0.2, -0.15) is 0 Å². The first-order chi connectivity index (χ1) is 6.21. The first kappa shape index (κ1) is 7.78. The third kappa shape index (κ3) is 0.853. The lowest BCUT2D eigenvalue weighted by Crippen LogP contribution is -2.44. The second kappa shape index (κ2) is 2.26. The summed E-state index contributed by atoms with van der Waals surface area (Å²) in [4.78, 5) is 12.0. The number of hydrogen-bond acceptors (Lipinski definition) is 1. The van der Waals surface area contributed by atoms with Crippen LogP contribution in [0.5, 0.6) is 0 Å². The lowest BCUT2D eigenvalue weighted by atomic mass is 9.58. The molecule has 0 saturated heterocycles. The Kier molecular flexibility index (Phi) is 1.35. The molecule has 0 aromatic rings. The molecule has 2 fully saturated rings. The molecule has 13 heavy (non-hydrogen) atoms. The van der Waals surface area contributed by atoms with E-state index in [9.17, 15) is 4.79 Å². The summed E-state index contributed by atoms with van der Waals surface area (Å²) in [7, 11) is 0. The lowest BCUT2D eigenvalue weighted by molar-refractivity contribution is -0.138. The van der Waals surface area contributed by atoms with Gasteiger partial charge in [-0.25, -0.2) is 0 Å². The van der Waals surface area contributed by atoms with Gasteiger partial charge < -0.3 is 0 Å². The van der Waals surface area contributed by atoms with Crippen molar-refractivity contribution in [1.29, 1.82) is 0 Å². The van der Waals surface area contributed by atoms with Crippen molar-refractivity contribution >= 4 is 5.78 Å². The highest BCUT2D eigenvalue weighted by Gasteiger charge is 2.52. The van der Waals surface area contributed by atoms with E-state index in [1.165, 1.54) is 12.8 Å². The van der Waals surface area contributed by atoms with Crippen molar-refractivity contribution in [2.75, 3.05) is 0 Å². The Morgan fingerprint density at radius 1 is 1.46 bits per heavy atom. The average Bonchev–Trinajstić information content (AvgIpc) is 2.45. The van der Waals surface area contributed by atoms with Crippen LogP contribution in [0, 0.1) is 23.2 Å². The minimum atomic E-state index is 0.235. The van der Waals surface area contributed by atoms with E-state index >= 15 is 0 Å². The summed E-state index contributed by atoms with van der Waals surface area (Å²) in [5.74, 6) is 1.93. The molecule has 4 bridgehead atoms. The zero-order valence-electron chi connectivity index (χ0n) is 8.12. The van der Waals surface area contributed by atoms with E-state index in [0.717, 1.165) is 12.8 Å². The zero-order valence-corrected chi connectivity index (χ0v) is 8.12. The van der Waals surface area contributed by atoms with E-state index in [0.29, 0.717) is 23.5 Å². The number of allylic oxidation sites excluding steroid dienone is 2. The van der Waals surface area contributed by atoms with E-state index in [4.69, 9.17) is 0 Å². The molecule has 0 spiro atoms. The molecule has 0 radical (unpaired) electrons. The highest BCUT2D eigenvalue weighted by Crippen LogP contribution is 2.55. The van der Waals surface area contributed by atoms with Crippen LogP contribution in [-0.4, -0.2) is 5.78 Å². The molecular formula is C12H16O. The van der Waals surface area contributed by atoms with Crippen LogP contribution < -0.4 is 0 Å². The Hall–Kier alpha value is -0.590. The van der Waals surface area contributed by atoms with Crippen LogP contribution in [0.1, 0.15) is 32.6 Å². The van der Waals surface area contributed by atoms with Crippen molar-refractivity contribution in [1.82, 2.24) is 0 Å². The topological polar surface area (TPSA) is 17.1 Å². The molecule has 0 aromatic carbocycles. The van der Waals surface area contributed by atoms with E-state index in [-0.39, 0.29) is 5.41 Å². The lowest BCUT2D eigenvalue weighted by Gasteiger charge is -2.44. The van der Waals surface area contributed by atoms with Gasteiger partial charge in [0.05, 0.1) is 0 Å². The van der Waals surface area contributed by atoms with Gasteiger partial charge in [0.25, 0.3) is 0 Å². The predicted molar refractivity (Wildman–Crippen MR) is 51.2 cm³/mol. The van der Waals surface area contributed by atoms with E-state index in [1.54, 1.807) is 0 Å². The van der Waals surface area contributed by atoms with Crippen molar-refractivity contribution in [2.24, 2.45) is 23.2 Å². The van der Waals surface area contributed by atoms with Crippen LogP contribution in [0.3, 0.4) is 0 Å². The van der Waals surface area contributed by atoms with Crippen LogP contribution in [0.15, 0.2) is 12.2 Å². The Labute approximate surface area is 79.2 Å². The molecule has 0 aliphatic heterocycles. The molecule has 0 amide bonds. The fourth-order valence-electron chi connectivity index (χ4n) is 3.69. The third-order valence-electron chi connectivity index (χ3n) is 4.43. The van der Waals surface area contributed by atoms with Gasteiger partial charge >= 0.3 is 0 Å². The van der Waals surface area contributed by atoms with Crippen LogP contribution >= 0.6 is 0 Å². The molecular weight excluding hydrogens is 160 g/mol. The van der Waals surface area contributed by atoms with Gasteiger partial charge in [-0.3, -0.25) is 4.79 Å². The van der Waals surface area contributed by atoms with Crippen LogP contribution in [0.25, 0.3) is 0 Å². The Balaban J connectivity index is 2.07.